The van der Waals surface area contributed by atoms with Gasteiger partial charge in [-0.25, -0.2) is 9.18 Å². The van der Waals surface area contributed by atoms with E-state index in [1.165, 1.54) is 10.6 Å². The number of carbonyl (C=O) groups is 1. The number of amides is 1. The zero-order chi connectivity index (χ0) is 26.2. The molecule has 1 amide bonds. The number of benzene rings is 2. The van der Waals surface area contributed by atoms with Gasteiger partial charge in [-0.1, -0.05) is 18.2 Å². The fourth-order valence-corrected chi connectivity index (χ4v) is 4.17. The number of aliphatic hydroxyl groups excluding tert-OH is 1. The number of aromatic nitrogens is 1. The van der Waals surface area contributed by atoms with Crippen LogP contribution in [0.3, 0.4) is 0 Å². The molecule has 2 atom stereocenters. The third-order valence-corrected chi connectivity index (χ3v) is 6.08. The first-order chi connectivity index (χ1) is 18.0. The molecule has 0 unspecified atom stereocenters. The number of oxazole rings is 1. The Morgan fingerprint density at radius 2 is 2.11 bits per heavy atom. The number of carbonyl (C=O) groups excluding carboxylic acids is 1. The minimum atomic E-state index is -0.913. The molecule has 3 aromatic rings. The lowest BCUT2D eigenvalue weighted by atomic mass is 10.00. The summed E-state index contributed by atoms with van der Waals surface area (Å²) in [6.45, 7) is 2.10. The third-order valence-electron chi connectivity index (χ3n) is 6.08. The Morgan fingerprint density at radius 1 is 1.30 bits per heavy atom. The fourth-order valence-electron chi connectivity index (χ4n) is 4.17. The minimum absolute atomic E-state index is 0.00263. The van der Waals surface area contributed by atoms with Crippen LogP contribution in [0.15, 0.2) is 45.6 Å². The molecule has 1 aliphatic rings. The van der Waals surface area contributed by atoms with Gasteiger partial charge < -0.3 is 29.6 Å². The van der Waals surface area contributed by atoms with Gasteiger partial charge in [-0.3, -0.25) is 9.36 Å². The maximum atomic E-state index is 15.0. The lowest BCUT2D eigenvalue weighted by Crippen LogP contribution is -2.46. The monoisotopic (exact) mass is 512 g/mol. The zero-order valence-electron chi connectivity index (χ0n) is 20.2. The van der Waals surface area contributed by atoms with E-state index in [1.54, 1.807) is 30.3 Å². The molecule has 37 heavy (non-hydrogen) atoms. The van der Waals surface area contributed by atoms with Crippen LogP contribution >= 0.6 is 0 Å². The molecule has 4 rings (SSSR count). The highest BCUT2D eigenvalue weighted by Gasteiger charge is 2.24. The van der Waals surface area contributed by atoms with Crippen LogP contribution < -0.4 is 16.4 Å². The highest BCUT2D eigenvalue weighted by atomic mass is 19.1. The summed E-state index contributed by atoms with van der Waals surface area (Å²) in [5.41, 5.74) is 2.48. The Kier molecular flexibility index (Phi) is 9.03. The maximum Gasteiger partial charge on any atom is 0.420 e. The Hall–Kier alpha value is -3.56. The number of fused-ring (bicyclic) bond motifs is 1. The summed E-state index contributed by atoms with van der Waals surface area (Å²) >= 11 is 0. The molecule has 0 radical (unpaired) electrons. The molecule has 1 aliphatic heterocycles. The second kappa shape index (κ2) is 12.6. The summed E-state index contributed by atoms with van der Waals surface area (Å²) in [7, 11) is 0. The van der Waals surface area contributed by atoms with E-state index >= 15 is 4.39 Å². The van der Waals surface area contributed by atoms with Crippen molar-refractivity contribution in [3.8, 4) is 17.2 Å². The predicted molar refractivity (Wildman–Crippen MR) is 132 cm³/mol. The maximum absolute atomic E-state index is 15.0. The highest BCUT2D eigenvalue weighted by Crippen LogP contribution is 2.26. The Bertz CT molecular complexity index is 1320. The number of nitriles is 1. The van der Waals surface area contributed by atoms with Crippen molar-refractivity contribution in [3.63, 3.8) is 0 Å². The summed E-state index contributed by atoms with van der Waals surface area (Å²) < 4.78 is 32.5. The van der Waals surface area contributed by atoms with Gasteiger partial charge in [-0.15, -0.1) is 0 Å². The van der Waals surface area contributed by atoms with Crippen LogP contribution in [0, 0.1) is 17.1 Å². The SMILES string of the molecule is N#C[C@H](Cc1ccc(-c2ccc3oc(=O)n(CCOCCO)c3c2)cc1F)NC(=O)[C@@H]1CNCCCO1. The molecular weight excluding hydrogens is 483 g/mol. The summed E-state index contributed by atoms with van der Waals surface area (Å²) in [4.78, 5) is 24.7. The second-order valence-electron chi connectivity index (χ2n) is 8.66. The fraction of sp³-hybridized carbons (Fsp3) is 0.423. The Labute approximate surface area is 212 Å². The normalized spacial score (nSPS) is 16.7. The van der Waals surface area contributed by atoms with Crippen molar-refractivity contribution in [1.82, 2.24) is 15.2 Å². The minimum Gasteiger partial charge on any atom is -0.408 e. The van der Waals surface area contributed by atoms with Crippen molar-refractivity contribution >= 4 is 17.0 Å². The van der Waals surface area contributed by atoms with Crippen LogP contribution in [0.25, 0.3) is 22.2 Å². The van der Waals surface area contributed by atoms with Gasteiger partial charge in [-0.05, 0) is 47.9 Å². The third kappa shape index (κ3) is 6.61. The van der Waals surface area contributed by atoms with Gasteiger partial charge in [0.25, 0.3) is 5.91 Å². The first-order valence-electron chi connectivity index (χ1n) is 12.1. The quantitative estimate of drug-likeness (QED) is 0.346. The van der Waals surface area contributed by atoms with Gasteiger partial charge in [0, 0.05) is 19.6 Å². The van der Waals surface area contributed by atoms with Crippen molar-refractivity contribution in [2.45, 2.75) is 31.5 Å². The van der Waals surface area contributed by atoms with Crippen LogP contribution in [0.1, 0.15) is 12.0 Å². The van der Waals surface area contributed by atoms with Crippen molar-refractivity contribution in [1.29, 1.82) is 5.26 Å². The smallest absolute Gasteiger partial charge is 0.408 e. The molecule has 10 nitrogen and oxygen atoms in total. The number of ether oxygens (including phenoxy) is 2. The number of halogens is 1. The molecule has 1 aromatic heterocycles. The Morgan fingerprint density at radius 3 is 2.89 bits per heavy atom. The Balaban J connectivity index is 1.47. The molecule has 1 fully saturated rings. The van der Waals surface area contributed by atoms with E-state index in [9.17, 15) is 14.9 Å². The van der Waals surface area contributed by atoms with E-state index in [1.807, 2.05) is 6.07 Å². The van der Waals surface area contributed by atoms with Gasteiger partial charge in [0.05, 0.1) is 38.0 Å². The number of nitrogens with one attached hydrogen (secondary N) is 2. The van der Waals surface area contributed by atoms with Gasteiger partial charge in [0.2, 0.25) is 0 Å². The van der Waals surface area contributed by atoms with Gasteiger partial charge in [-0.2, -0.15) is 5.26 Å². The van der Waals surface area contributed by atoms with Gasteiger partial charge in [0.1, 0.15) is 18.0 Å². The predicted octanol–water partition coefficient (Wildman–Crippen LogP) is 1.34. The summed E-state index contributed by atoms with van der Waals surface area (Å²) in [6.07, 6.45) is 0.109. The molecule has 0 aliphatic carbocycles. The number of rotatable bonds is 10. The van der Waals surface area contributed by atoms with Crippen molar-refractivity contribution in [2.75, 3.05) is 39.5 Å². The molecule has 0 bridgehead atoms. The molecule has 0 spiro atoms. The average molecular weight is 513 g/mol. The molecule has 2 aromatic carbocycles. The molecule has 196 valence electrons. The summed E-state index contributed by atoms with van der Waals surface area (Å²) in [5.74, 6) is -1.45. The van der Waals surface area contributed by atoms with E-state index in [-0.39, 0.29) is 38.3 Å². The van der Waals surface area contributed by atoms with Crippen LogP contribution in [-0.2, 0) is 27.2 Å². The lowest BCUT2D eigenvalue weighted by Gasteiger charge is -2.18. The van der Waals surface area contributed by atoms with E-state index in [4.69, 9.17) is 19.0 Å². The average Bonchev–Trinajstić information content (AvgIpc) is 3.04. The molecular formula is C26H29FN4O6. The number of hydrogen-bond donors (Lipinski definition) is 3. The second-order valence-corrected chi connectivity index (χ2v) is 8.66. The zero-order valence-corrected chi connectivity index (χ0v) is 20.2. The molecule has 3 N–H and O–H groups in total. The van der Waals surface area contributed by atoms with E-state index in [0.29, 0.717) is 35.4 Å². The number of nitrogens with zero attached hydrogens (tertiary/aromatic N) is 2. The van der Waals surface area contributed by atoms with Gasteiger partial charge >= 0.3 is 5.76 Å². The van der Waals surface area contributed by atoms with Crippen LogP contribution in [0.2, 0.25) is 0 Å². The topological polar surface area (TPSA) is 139 Å². The summed E-state index contributed by atoms with van der Waals surface area (Å²) in [6, 6.07) is 10.9. The summed E-state index contributed by atoms with van der Waals surface area (Å²) in [5, 5.41) is 24.1. The van der Waals surface area contributed by atoms with Crippen LogP contribution in [0.5, 0.6) is 0 Å². The van der Waals surface area contributed by atoms with Gasteiger partial charge in [0.15, 0.2) is 5.58 Å². The number of aliphatic hydroxyl groups is 1. The first-order valence-corrected chi connectivity index (χ1v) is 12.1. The molecule has 2 heterocycles. The standard InChI is InChI=1S/C26H29FN4O6/c27-21-13-17(18-4-5-23-22(14-18)31(26(34)37-23)7-10-35-11-8-32)2-3-19(21)12-20(15-28)30-25(33)24-16-29-6-1-9-36-24/h2-5,13-14,20,24,29,32H,1,6-12,16H2,(H,30,33)/t20-,24-/m0/s1. The lowest BCUT2D eigenvalue weighted by molar-refractivity contribution is -0.132. The molecule has 1 saturated heterocycles. The van der Waals surface area contributed by atoms with Crippen molar-refractivity contribution in [2.24, 2.45) is 0 Å². The highest BCUT2D eigenvalue weighted by molar-refractivity contribution is 5.82. The van der Waals surface area contributed by atoms with Crippen LogP contribution in [-0.4, -0.2) is 67.2 Å². The first kappa shape index (κ1) is 26.5. The van der Waals surface area contributed by atoms with E-state index in [2.05, 4.69) is 10.6 Å². The largest absolute Gasteiger partial charge is 0.420 e. The van der Waals surface area contributed by atoms with Crippen molar-refractivity contribution < 1.29 is 28.2 Å². The van der Waals surface area contributed by atoms with E-state index in [0.717, 1.165) is 13.0 Å². The molecule has 0 saturated carbocycles. The number of hydrogen-bond acceptors (Lipinski definition) is 8. The van der Waals surface area contributed by atoms with Crippen LogP contribution in [0.4, 0.5) is 4.39 Å². The molecule has 11 heteroatoms. The van der Waals surface area contributed by atoms with Crippen molar-refractivity contribution in [3.05, 3.63) is 58.3 Å². The van der Waals surface area contributed by atoms with E-state index < -0.39 is 29.6 Å².